The smallest absolute Gasteiger partial charge is 0.251 e. The van der Waals surface area contributed by atoms with E-state index in [1.807, 2.05) is 12.2 Å². The van der Waals surface area contributed by atoms with Gasteiger partial charge in [-0.25, -0.2) is 8.78 Å². The first-order valence-corrected chi connectivity index (χ1v) is 10.4. The summed E-state index contributed by atoms with van der Waals surface area (Å²) in [6.45, 7) is -0.368. The number of allylic oxidation sites excluding steroid dienone is 6. The van der Waals surface area contributed by atoms with Crippen molar-refractivity contribution in [2.45, 2.75) is 50.6 Å². The van der Waals surface area contributed by atoms with Crippen LogP contribution in [-0.4, -0.2) is 12.9 Å². The largest absolute Gasteiger partial charge is 0.401 e. The van der Waals surface area contributed by atoms with Crippen LogP contribution in [0.3, 0.4) is 0 Å². The SMILES string of the molecule is FCCC/C=C/[C@H]1CC[C@H](C2(C(F)(F)F)C=CC(c3cc(F)cc(F)c3)C=C2)CC1. The van der Waals surface area contributed by atoms with E-state index in [1.54, 1.807) is 0 Å². The molecule has 30 heavy (non-hydrogen) atoms. The van der Waals surface area contributed by atoms with Crippen molar-refractivity contribution in [1.29, 1.82) is 0 Å². The molecule has 0 heterocycles. The highest BCUT2D eigenvalue weighted by Crippen LogP contribution is 2.54. The van der Waals surface area contributed by atoms with Gasteiger partial charge >= 0.3 is 6.18 Å². The number of hydrogen-bond donors (Lipinski definition) is 0. The number of unbranched alkanes of at least 4 members (excludes halogenated alkanes) is 1. The van der Waals surface area contributed by atoms with E-state index in [4.69, 9.17) is 0 Å². The van der Waals surface area contributed by atoms with Crippen molar-refractivity contribution < 1.29 is 26.3 Å². The maximum Gasteiger partial charge on any atom is 0.401 e. The van der Waals surface area contributed by atoms with Crippen LogP contribution in [0.2, 0.25) is 0 Å². The van der Waals surface area contributed by atoms with Crippen LogP contribution in [0.4, 0.5) is 26.3 Å². The molecule has 0 spiro atoms. The van der Waals surface area contributed by atoms with Gasteiger partial charge in [0.1, 0.15) is 17.0 Å². The lowest BCUT2D eigenvalue weighted by atomic mass is 9.64. The number of benzene rings is 1. The zero-order valence-corrected chi connectivity index (χ0v) is 16.6. The molecule has 2 aliphatic carbocycles. The van der Waals surface area contributed by atoms with Crippen LogP contribution in [0.5, 0.6) is 0 Å². The summed E-state index contributed by atoms with van der Waals surface area (Å²) in [5.41, 5.74) is -1.77. The molecule has 0 radical (unpaired) electrons. The Morgan fingerprint density at radius 3 is 2.07 bits per heavy atom. The summed E-state index contributed by atoms with van der Waals surface area (Å²) in [6.07, 6.45) is 7.97. The van der Waals surface area contributed by atoms with Crippen LogP contribution in [0, 0.1) is 28.9 Å². The van der Waals surface area contributed by atoms with Gasteiger partial charge in [0, 0.05) is 12.0 Å². The average Bonchev–Trinajstić information content (AvgIpc) is 2.70. The third-order valence-electron chi connectivity index (χ3n) is 6.28. The molecule has 6 heteroatoms. The second-order valence-electron chi connectivity index (χ2n) is 8.25. The lowest BCUT2D eigenvalue weighted by molar-refractivity contribution is -0.209. The molecule has 0 N–H and O–H groups in total. The second-order valence-corrected chi connectivity index (χ2v) is 8.25. The molecular formula is C24H26F6. The lowest BCUT2D eigenvalue weighted by Gasteiger charge is -2.43. The third kappa shape index (κ3) is 5.01. The van der Waals surface area contributed by atoms with Gasteiger partial charge in [-0.2, -0.15) is 13.2 Å². The summed E-state index contributed by atoms with van der Waals surface area (Å²) in [7, 11) is 0. The fourth-order valence-electron chi connectivity index (χ4n) is 4.60. The van der Waals surface area contributed by atoms with Crippen molar-refractivity contribution in [2.24, 2.45) is 17.3 Å². The van der Waals surface area contributed by atoms with Gasteiger partial charge in [-0.15, -0.1) is 0 Å². The summed E-state index contributed by atoms with van der Waals surface area (Å²) < 4.78 is 81.6. The van der Waals surface area contributed by atoms with Crippen LogP contribution < -0.4 is 0 Å². The van der Waals surface area contributed by atoms with Gasteiger partial charge in [-0.3, -0.25) is 4.39 Å². The number of halogens is 6. The first kappa shape index (κ1) is 22.7. The fourth-order valence-corrected chi connectivity index (χ4v) is 4.60. The molecule has 0 atom stereocenters. The quantitative estimate of drug-likeness (QED) is 0.246. The predicted octanol–water partition coefficient (Wildman–Crippen LogP) is 7.84. The molecule has 1 aromatic rings. The molecule has 1 aromatic carbocycles. The minimum absolute atomic E-state index is 0.228. The molecule has 0 unspecified atom stereocenters. The highest BCUT2D eigenvalue weighted by molar-refractivity contribution is 5.36. The summed E-state index contributed by atoms with van der Waals surface area (Å²) >= 11 is 0. The van der Waals surface area contributed by atoms with Crippen molar-refractivity contribution in [1.82, 2.24) is 0 Å². The molecule has 0 nitrogen and oxygen atoms in total. The Hall–Kier alpha value is -1.98. The van der Waals surface area contributed by atoms with Crippen LogP contribution in [0.25, 0.3) is 0 Å². The Labute approximate surface area is 173 Å². The topological polar surface area (TPSA) is 0 Å². The Kier molecular flexibility index (Phi) is 7.14. The van der Waals surface area contributed by atoms with E-state index in [1.165, 1.54) is 24.3 Å². The lowest BCUT2D eigenvalue weighted by Crippen LogP contribution is -2.43. The molecule has 2 aliphatic rings. The molecule has 0 aromatic heterocycles. The first-order valence-electron chi connectivity index (χ1n) is 10.4. The van der Waals surface area contributed by atoms with Crippen LogP contribution in [0.1, 0.15) is 50.0 Å². The zero-order valence-electron chi connectivity index (χ0n) is 16.6. The standard InChI is InChI=1S/C24H26F6/c25-13-3-1-2-4-17-5-7-20(8-6-17)23(24(28,29)30)11-9-18(10-12-23)19-14-21(26)16-22(27)15-19/h2,4,9-12,14-18,20H,1,3,5-8,13H2/b4-2+/t17-,18?,20-,23?. The van der Waals surface area contributed by atoms with E-state index < -0.39 is 35.1 Å². The molecule has 3 rings (SSSR count). The van der Waals surface area contributed by atoms with Gasteiger partial charge in [0.15, 0.2) is 0 Å². The maximum atomic E-state index is 14.2. The highest BCUT2D eigenvalue weighted by atomic mass is 19.4. The molecule has 0 bridgehead atoms. The van der Waals surface area contributed by atoms with Gasteiger partial charge in [-0.05, 0) is 68.1 Å². The first-order chi connectivity index (χ1) is 14.2. The predicted molar refractivity (Wildman–Crippen MR) is 106 cm³/mol. The monoisotopic (exact) mass is 428 g/mol. The summed E-state index contributed by atoms with van der Waals surface area (Å²) in [4.78, 5) is 0. The molecular weight excluding hydrogens is 402 g/mol. The van der Waals surface area contributed by atoms with Crippen molar-refractivity contribution in [3.8, 4) is 0 Å². The zero-order chi connectivity index (χ0) is 21.8. The van der Waals surface area contributed by atoms with Crippen LogP contribution in [-0.2, 0) is 0 Å². The number of rotatable bonds is 6. The summed E-state index contributed by atoms with van der Waals surface area (Å²) in [5.74, 6) is -2.45. The summed E-state index contributed by atoms with van der Waals surface area (Å²) in [5, 5.41) is 0. The van der Waals surface area contributed by atoms with Gasteiger partial charge in [0.25, 0.3) is 0 Å². The molecule has 0 amide bonds. The minimum Gasteiger partial charge on any atom is -0.251 e. The van der Waals surface area contributed by atoms with E-state index in [0.717, 1.165) is 18.2 Å². The van der Waals surface area contributed by atoms with Crippen LogP contribution in [0.15, 0.2) is 54.7 Å². The van der Waals surface area contributed by atoms with Crippen LogP contribution >= 0.6 is 0 Å². The van der Waals surface area contributed by atoms with E-state index in [0.29, 0.717) is 38.5 Å². The normalized spacial score (nSPS) is 29.6. The molecule has 164 valence electrons. The van der Waals surface area contributed by atoms with E-state index >= 15 is 0 Å². The molecule has 0 aliphatic heterocycles. The fraction of sp³-hybridized carbons (Fsp3) is 0.500. The molecule has 0 saturated heterocycles. The van der Waals surface area contributed by atoms with Gasteiger partial charge in [0.05, 0.1) is 6.67 Å². The Bertz CT molecular complexity index is 762. The minimum atomic E-state index is -4.45. The van der Waals surface area contributed by atoms with Crippen molar-refractivity contribution >= 4 is 0 Å². The molecule has 1 fully saturated rings. The third-order valence-corrected chi connectivity index (χ3v) is 6.28. The second kappa shape index (κ2) is 9.44. The maximum absolute atomic E-state index is 14.2. The Morgan fingerprint density at radius 1 is 0.933 bits per heavy atom. The summed E-state index contributed by atoms with van der Waals surface area (Å²) in [6, 6.07) is 3.02. The number of alkyl halides is 4. The molecule has 1 saturated carbocycles. The van der Waals surface area contributed by atoms with Crippen molar-refractivity contribution in [2.75, 3.05) is 6.67 Å². The Morgan fingerprint density at radius 2 is 1.53 bits per heavy atom. The van der Waals surface area contributed by atoms with Crippen molar-refractivity contribution in [3.05, 3.63) is 71.9 Å². The van der Waals surface area contributed by atoms with E-state index in [2.05, 4.69) is 0 Å². The van der Waals surface area contributed by atoms with Gasteiger partial charge in [0.2, 0.25) is 0 Å². The van der Waals surface area contributed by atoms with Gasteiger partial charge in [-0.1, -0.05) is 36.5 Å². The highest BCUT2D eigenvalue weighted by Gasteiger charge is 2.56. The van der Waals surface area contributed by atoms with Gasteiger partial charge < -0.3 is 0 Å². The number of hydrogen-bond acceptors (Lipinski definition) is 0. The van der Waals surface area contributed by atoms with Crippen molar-refractivity contribution in [3.63, 3.8) is 0 Å². The Balaban J connectivity index is 1.73. The van der Waals surface area contributed by atoms with E-state index in [-0.39, 0.29) is 18.2 Å². The average molecular weight is 428 g/mol. The van der Waals surface area contributed by atoms with E-state index in [9.17, 15) is 26.3 Å².